The molecule has 0 amide bonds. The molecule has 4 rings (SSSR count). The highest BCUT2D eigenvalue weighted by molar-refractivity contribution is 7.15. The lowest BCUT2D eigenvalue weighted by molar-refractivity contribution is -0.385. The van der Waals surface area contributed by atoms with Gasteiger partial charge in [-0.2, -0.15) is 5.11 Å². The summed E-state index contributed by atoms with van der Waals surface area (Å²) in [4.78, 5) is 28.0. The van der Waals surface area contributed by atoms with E-state index in [1.54, 1.807) is 20.3 Å². The molecule has 170 valence electrons. The number of hydrogen-bond donors (Lipinski definition) is 1. The molecular formula is C22H20N4O6S. The molecule has 1 aliphatic carbocycles. The topological polar surface area (TPSA) is 137 Å². The van der Waals surface area contributed by atoms with Gasteiger partial charge in [0.1, 0.15) is 0 Å². The summed E-state index contributed by atoms with van der Waals surface area (Å²) >= 11 is 1.35. The molecule has 0 radical (unpaired) electrons. The van der Waals surface area contributed by atoms with Gasteiger partial charge in [0.2, 0.25) is 5.13 Å². The third-order valence-corrected chi connectivity index (χ3v) is 6.34. The van der Waals surface area contributed by atoms with Gasteiger partial charge in [-0.1, -0.05) is 29.5 Å². The van der Waals surface area contributed by atoms with Gasteiger partial charge in [0.15, 0.2) is 17.5 Å². The van der Waals surface area contributed by atoms with Gasteiger partial charge in [0, 0.05) is 28.5 Å². The molecule has 0 bridgehead atoms. The van der Waals surface area contributed by atoms with Crippen LogP contribution in [-0.2, 0) is 24.1 Å². The molecule has 3 aromatic rings. The minimum atomic E-state index is -1.27. The molecule has 1 N–H and O–H groups in total. The molecule has 33 heavy (non-hydrogen) atoms. The van der Waals surface area contributed by atoms with E-state index in [4.69, 9.17) is 9.47 Å². The summed E-state index contributed by atoms with van der Waals surface area (Å²) in [6.45, 7) is 0. The number of azo groups is 1. The Balaban J connectivity index is 1.62. The van der Waals surface area contributed by atoms with E-state index in [0.29, 0.717) is 16.6 Å². The second-order valence-corrected chi connectivity index (χ2v) is 8.35. The second kappa shape index (κ2) is 9.33. The summed E-state index contributed by atoms with van der Waals surface area (Å²) in [6.07, 6.45) is 1.42. The molecule has 0 saturated heterocycles. The number of benzene rings is 2. The van der Waals surface area contributed by atoms with Crippen molar-refractivity contribution < 1.29 is 24.3 Å². The number of nitro groups is 1. The fourth-order valence-electron chi connectivity index (χ4n) is 3.73. The van der Waals surface area contributed by atoms with Crippen molar-refractivity contribution in [2.45, 2.75) is 25.3 Å². The molecule has 0 fully saturated rings. The Morgan fingerprint density at radius 2 is 1.97 bits per heavy atom. The first-order chi connectivity index (χ1) is 15.9. The molecule has 1 unspecified atom stereocenters. The first kappa shape index (κ1) is 22.3. The van der Waals surface area contributed by atoms with Gasteiger partial charge >= 0.3 is 5.97 Å². The van der Waals surface area contributed by atoms with Crippen LogP contribution in [0.25, 0.3) is 11.3 Å². The fraction of sp³-hybridized carbons (Fsp3) is 0.273. The van der Waals surface area contributed by atoms with Gasteiger partial charge < -0.3 is 14.6 Å². The fourth-order valence-corrected chi connectivity index (χ4v) is 4.63. The van der Waals surface area contributed by atoms with Crippen LogP contribution in [0.4, 0.5) is 10.8 Å². The van der Waals surface area contributed by atoms with Crippen molar-refractivity contribution in [3.05, 3.63) is 62.5 Å². The van der Waals surface area contributed by atoms with E-state index in [1.165, 1.54) is 29.5 Å². The number of para-hydroxylation sites is 1. The van der Waals surface area contributed by atoms with Gasteiger partial charge in [0.05, 0.1) is 24.8 Å². The Labute approximate surface area is 192 Å². The number of aromatic nitrogens is 1. The normalized spacial score (nSPS) is 13.3. The Bertz CT molecular complexity index is 1260. The smallest absolute Gasteiger partial charge is 0.330 e. The molecule has 1 aliphatic rings. The number of aryl methyl sites for hydroxylation is 2. The lowest BCUT2D eigenvalue weighted by Gasteiger charge is -2.18. The van der Waals surface area contributed by atoms with E-state index in [9.17, 15) is 20.0 Å². The second-order valence-electron chi connectivity index (χ2n) is 7.29. The molecule has 11 heteroatoms. The summed E-state index contributed by atoms with van der Waals surface area (Å²) in [6, 6.07) is 8.54. The third-order valence-electron chi connectivity index (χ3n) is 5.34. The number of nitrogens with zero attached hydrogens (tertiary/aromatic N) is 4. The molecular weight excluding hydrogens is 448 g/mol. The summed E-state index contributed by atoms with van der Waals surface area (Å²) in [5.41, 5.74) is 2.89. The van der Waals surface area contributed by atoms with E-state index >= 15 is 0 Å². The average molecular weight is 468 g/mol. The van der Waals surface area contributed by atoms with Crippen LogP contribution < -0.4 is 9.47 Å². The van der Waals surface area contributed by atoms with E-state index < -0.39 is 16.9 Å². The van der Waals surface area contributed by atoms with Crippen molar-refractivity contribution in [1.82, 2.24) is 4.98 Å². The summed E-state index contributed by atoms with van der Waals surface area (Å²) in [5, 5.41) is 29.2. The zero-order valence-electron chi connectivity index (χ0n) is 17.8. The van der Waals surface area contributed by atoms with Crippen LogP contribution in [0, 0.1) is 10.1 Å². The maximum atomic E-state index is 11.7. The van der Waals surface area contributed by atoms with Crippen LogP contribution in [0.1, 0.15) is 16.0 Å². The Kier molecular flexibility index (Phi) is 6.31. The van der Waals surface area contributed by atoms with E-state index in [0.717, 1.165) is 34.5 Å². The zero-order chi connectivity index (χ0) is 23.5. The van der Waals surface area contributed by atoms with Crippen molar-refractivity contribution in [3.8, 4) is 22.8 Å². The Morgan fingerprint density at radius 1 is 1.24 bits per heavy atom. The number of carbonyl (C=O) groups is 1. The average Bonchev–Trinajstić information content (AvgIpc) is 3.24. The van der Waals surface area contributed by atoms with Crippen LogP contribution in [-0.4, -0.2) is 41.2 Å². The number of rotatable bonds is 8. The van der Waals surface area contributed by atoms with Crippen LogP contribution in [0.5, 0.6) is 11.5 Å². The van der Waals surface area contributed by atoms with Crippen molar-refractivity contribution in [1.29, 1.82) is 0 Å². The number of thiazole rings is 1. The molecule has 10 nitrogen and oxygen atoms in total. The SMILES string of the molecule is COc1cc2c(cc1OC)-c1nc(N=NC(Cc3ccccc3[N+](=O)[O-])C(=O)O)sc1CC2. The standard InChI is InChI=1S/C22H20N4O6S/c1-31-17-10-12-7-8-19-20(14(12)11-18(17)32-2)23-22(33-19)25-24-15(21(27)28)9-13-5-3-4-6-16(13)26(29)30/h3-6,10-11,15H,7-9H2,1-2H3,(H,27,28). The molecule has 0 spiro atoms. The van der Waals surface area contributed by atoms with E-state index in [2.05, 4.69) is 15.2 Å². The summed E-state index contributed by atoms with van der Waals surface area (Å²) < 4.78 is 10.8. The van der Waals surface area contributed by atoms with Gasteiger partial charge in [-0.05, 0) is 30.5 Å². The van der Waals surface area contributed by atoms with Gasteiger partial charge in [-0.25, -0.2) is 9.78 Å². The molecule has 1 atom stereocenters. The number of nitro benzene ring substituents is 1. The summed E-state index contributed by atoms with van der Waals surface area (Å²) in [7, 11) is 3.15. The largest absolute Gasteiger partial charge is 0.493 e. The maximum Gasteiger partial charge on any atom is 0.330 e. The molecule has 0 aliphatic heterocycles. The van der Waals surface area contributed by atoms with Gasteiger partial charge in [-0.3, -0.25) is 10.1 Å². The monoisotopic (exact) mass is 468 g/mol. The quantitative estimate of drug-likeness (QED) is 0.289. The number of methoxy groups -OCH3 is 2. The van der Waals surface area contributed by atoms with Crippen molar-refractivity contribution in [2.75, 3.05) is 14.2 Å². The zero-order valence-corrected chi connectivity index (χ0v) is 18.7. The van der Waals surface area contributed by atoms with E-state index in [1.807, 2.05) is 12.1 Å². The number of ether oxygens (including phenoxy) is 2. The first-order valence-electron chi connectivity index (χ1n) is 10.0. The maximum absolute atomic E-state index is 11.7. The highest BCUT2D eigenvalue weighted by atomic mass is 32.1. The highest BCUT2D eigenvalue weighted by Gasteiger charge is 2.25. The Hall–Kier alpha value is -3.86. The van der Waals surface area contributed by atoms with E-state index in [-0.39, 0.29) is 17.7 Å². The van der Waals surface area contributed by atoms with Crippen molar-refractivity contribution in [3.63, 3.8) is 0 Å². The number of carboxylic acids is 1. The molecule has 1 aromatic heterocycles. The lowest BCUT2D eigenvalue weighted by atomic mass is 9.93. The van der Waals surface area contributed by atoms with Crippen molar-refractivity contribution >= 4 is 28.1 Å². The minimum absolute atomic E-state index is 0.148. The predicted octanol–water partition coefficient (Wildman–Crippen LogP) is 4.61. The number of hydrogen-bond acceptors (Lipinski definition) is 9. The predicted molar refractivity (Wildman–Crippen MR) is 121 cm³/mol. The lowest BCUT2D eigenvalue weighted by Crippen LogP contribution is -2.20. The molecule has 2 aromatic carbocycles. The number of carboxylic acid groups (broad SMARTS) is 1. The minimum Gasteiger partial charge on any atom is -0.493 e. The van der Waals surface area contributed by atoms with Crippen LogP contribution in [0.3, 0.4) is 0 Å². The van der Waals surface area contributed by atoms with Gasteiger partial charge in [-0.15, -0.1) is 5.11 Å². The highest BCUT2D eigenvalue weighted by Crippen LogP contribution is 2.43. The van der Waals surface area contributed by atoms with Crippen LogP contribution >= 0.6 is 11.3 Å². The van der Waals surface area contributed by atoms with Crippen molar-refractivity contribution in [2.24, 2.45) is 10.2 Å². The molecule has 1 heterocycles. The summed E-state index contributed by atoms with van der Waals surface area (Å²) in [5.74, 6) is 0.0187. The Morgan fingerprint density at radius 3 is 2.67 bits per heavy atom. The molecule has 0 saturated carbocycles. The van der Waals surface area contributed by atoms with Crippen LogP contribution in [0.2, 0.25) is 0 Å². The third kappa shape index (κ3) is 4.53. The van der Waals surface area contributed by atoms with Gasteiger partial charge in [0.25, 0.3) is 5.69 Å². The first-order valence-corrected chi connectivity index (χ1v) is 10.8. The number of aliphatic carboxylic acids is 1. The number of fused-ring (bicyclic) bond motifs is 3. The van der Waals surface area contributed by atoms with Crippen LogP contribution in [0.15, 0.2) is 46.6 Å².